The quantitative estimate of drug-likeness (QED) is 0.0601. The van der Waals surface area contributed by atoms with Crippen molar-refractivity contribution in [1.82, 2.24) is 9.80 Å². The van der Waals surface area contributed by atoms with Gasteiger partial charge in [-0.05, 0) is 210 Å². The number of aliphatic hydroxyl groups excluding tert-OH is 4. The highest BCUT2D eigenvalue weighted by Crippen LogP contribution is 2.43. The number of ketones is 3. The number of nitrogens with zero attached hydrogens (tertiary/aromatic N) is 2. The van der Waals surface area contributed by atoms with Crippen LogP contribution in [0.4, 0.5) is 0 Å². The molecule has 25 heteroatoms. The molecule has 0 radical (unpaired) electrons. The van der Waals surface area contributed by atoms with Crippen LogP contribution in [0.3, 0.4) is 0 Å². The van der Waals surface area contributed by atoms with E-state index in [1.165, 1.54) is 24.0 Å². The van der Waals surface area contributed by atoms with Crippen LogP contribution < -0.4 is 0 Å². The normalized spacial score (nSPS) is 41.8. The molecule has 0 spiro atoms. The molecule has 1 unspecified atom stereocenters. The molecule has 25 nitrogen and oxygen atoms in total. The van der Waals surface area contributed by atoms with Crippen LogP contribution in [-0.4, -0.2) is 246 Å². The minimum absolute atomic E-state index is 0.000914. The molecule has 2 aliphatic carbocycles. The molecule has 2 amide bonds. The number of ether oxygens (including phenoxy) is 10. The van der Waals surface area contributed by atoms with Crippen LogP contribution in [0.15, 0.2) is 46.6 Å². The number of piperidine rings is 2. The Labute approximate surface area is 661 Å². The number of hydrogen-bond donors (Lipinski definition) is 6. The molecule has 4 saturated heterocycles. The lowest BCUT2D eigenvalue weighted by molar-refractivity contribution is -0.302. The van der Waals surface area contributed by atoms with Crippen LogP contribution in [0.5, 0.6) is 0 Å². The Hall–Kier alpha value is -4.71. The topological polar surface area (TPSA) is 340 Å². The van der Waals surface area contributed by atoms with E-state index in [-0.39, 0.29) is 92.3 Å². The zero-order valence-corrected chi connectivity index (χ0v) is 70.0. The third kappa shape index (κ3) is 23.6. The Morgan fingerprint density at radius 2 is 0.874 bits per heavy atom. The molecule has 0 aromatic heterocycles. The van der Waals surface area contributed by atoms with Gasteiger partial charge in [-0.2, -0.15) is 0 Å². The summed E-state index contributed by atoms with van der Waals surface area (Å²) >= 11 is 0. The number of fused-ring (bicyclic) bond motifs is 6. The van der Waals surface area contributed by atoms with Crippen LogP contribution >= 0.6 is 0 Å². The second-order valence-corrected chi connectivity index (χ2v) is 34.4. The van der Waals surface area contributed by atoms with Crippen LogP contribution in [0, 0.1) is 59.2 Å². The molecular formula is C86H140N2O23. The van der Waals surface area contributed by atoms with Gasteiger partial charge in [0.05, 0.1) is 61.0 Å². The van der Waals surface area contributed by atoms with Gasteiger partial charge in [0, 0.05) is 91.8 Å². The average Bonchev–Trinajstić information content (AvgIpc) is 0.871. The summed E-state index contributed by atoms with van der Waals surface area (Å²) in [6, 6.07) is -2.15. The van der Waals surface area contributed by atoms with Gasteiger partial charge in [-0.25, -0.2) is 9.59 Å². The van der Waals surface area contributed by atoms with Crippen molar-refractivity contribution in [3.8, 4) is 0 Å². The first kappa shape index (κ1) is 93.5. The van der Waals surface area contributed by atoms with Gasteiger partial charge in [-0.1, -0.05) is 90.8 Å². The molecule has 6 N–H and O–H groups in total. The third-order valence-corrected chi connectivity index (χ3v) is 25.9. The summed E-state index contributed by atoms with van der Waals surface area (Å²) in [4.78, 5) is 102. The Bertz CT molecular complexity index is 3190. The van der Waals surface area contributed by atoms with Crippen molar-refractivity contribution >= 4 is 41.1 Å². The number of carbonyl (C=O) groups excluding carboxylic acids is 7. The van der Waals surface area contributed by atoms with E-state index in [1.807, 2.05) is 46.8 Å². The van der Waals surface area contributed by atoms with E-state index in [4.69, 9.17) is 47.4 Å². The van der Waals surface area contributed by atoms with Gasteiger partial charge >= 0.3 is 11.9 Å². The first-order valence-electron chi connectivity index (χ1n) is 41.6. The molecule has 2 saturated carbocycles. The maximum absolute atomic E-state index is 14.3. The van der Waals surface area contributed by atoms with E-state index in [0.29, 0.717) is 108 Å². The lowest BCUT2D eigenvalue weighted by atomic mass is 9.81. The summed E-state index contributed by atoms with van der Waals surface area (Å²) in [5.74, 6) is -13.4. The molecular weight excluding hydrogens is 1430 g/mol. The molecule has 0 aromatic carbocycles. The molecule has 6 fully saturated rings. The number of aliphatic hydroxyl groups is 6. The average molecular weight is 1570 g/mol. The molecule has 0 aromatic rings. The number of rotatable bonds is 12. The molecule has 111 heavy (non-hydrogen) atoms. The number of amides is 2. The van der Waals surface area contributed by atoms with E-state index in [2.05, 4.69) is 39.8 Å². The first-order chi connectivity index (χ1) is 52.6. The van der Waals surface area contributed by atoms with Crippen molar-refractivity contribution in [2.75, 3.05) is 55.7 Å². The minimum atomic E-state index is -2.50. The highest BCUT2D eigenvalue weighted by Gasteiger charge is 2.59. The minimum Gasteiger partial charge on any atom is -0.456 e. The van der Waals surface area contributed by atoms with Crippen molar-refractivity contribution < 1.29 is 112 Å². The molecule has 6 aliphatic heterocycles. The van der Waals surface area contributed by atoms with Crippen LogP contribution in [0.2, 0.25) is 0 Å². The number of methoxy groups -OCH3 is 6. The second kappa shape index (κ2) is 42.9. The van der Waals surface area contributed by atoms with Crippen molar-refractivity contribution in [1.29, 1.82) is 0 Å². The number of Topliss-reactive ketones (excluding diaryl/α,β-unsaturated/α-hetero) is 3. The standard InChI is InChI=1S/C43H69NO12.C43H71NO11/c1-10-30-18-24(2)17-25(3)19-36(53-8)39-37(54-9)21-27(5)43(51,56-39)40(48)41(49)44-16-12-11-13-31(44)42(50)55-38(28(6)33(46)23-34(30)47)26(4)20-29-14-15-32(45)35(22-29)52-7;1-10-31-20-25(2)19-26(3)21-36(52-8)39-37(53-9)23-29(6)43(50,55-39)40(47)41(48)44-18-12-11-13-32(44)42(49)54-38(27(4)14-16-33(31)45)28(5)22-30-15-17-34(46)35(24-30)51-7/h18,20,25,27-33,35-39,45-46,51H,10-17,19,21-23H2,1-9H3;20,22,26-27,29-39,45-46,50H,10-19,21,23-24H2,1-9H3/b24-18+,26-20+;25-20+,28-22+/t25-,27+,28+,29-,30+,31-,32+,33-,35+,36-,37-,38+,39+,43+;26-,27+,29+,30-,31+,32-,33?,34+,35+,36-,37-,38-,39+,43+/m00/s1. The Morgan fingerprint density at radius 3 is 1.29 bits per heavy atom. The van der Waals surface area contributed by atoms with Crippen molar-refractivity contribution in [3.05, 3.63) is 46.6 Å². The monoisotopic (exact) mass is 1570 g/mol. The fourth-order valence-corrected chi connectivity index (χ4v) is 19.0. The summed E-state index contributed by atoms with van der Waals surface area (Å²) in [5.41, 5.74) is 3.66. The van der Waals surface area contributed by atoms with Gasteiger partial charge in [0.1, 0.15) is 42.3 Å². The smallest absolute Gasteiger partial charge is 0.329 e. The number of carbonyl (C=O) groups is 7. The predicted molar refractivity (Wildman–Crippen MR) is 416 cm³/mol. The van der Waals surface area contributed by atoms with Gasteiger partial charge in [0.25, 0.3) is 23.4 Å². The van der Waals surface area contributed by atoms with E-state index in [1.54, 1.807) is 49.2 Å². The van der Waals surface area contributed by atoms with Crippen LogP contribution in [-0.2, 0) is 80.9 Å². The van der Waals surface area contributed by atoms with Crippen LogP contribution in [0.25, 0.3) is 0 Å². The van der Waals surface area contributed by atoms with Gasteiger partial charge in [0.2, 0.25) is 11.6 Å². The SMILES string of the molecule is CC[C@@H]1/C=C(\C)C[C@H](C)C[C@H](OC)[C@H]2O[C@@](O)(C(=O)C(=O)N3CCCC[C@H]3C(=O)O[C@H](/C(C)=C/[C@@H]3CC[C@@H](O)[C@H](OC)C3)[C@H](C)CCC1O)[C@H](C)C[C@@H]2OC.CC[C@@H]1/C=C(\C)C[C@H](C)C[C@H](OC)[C@H]2O[C@@](O)(C(=O)C(=O)N3CCCC[C@H]3C(=O)O[C@H](/C(C)=C/[C@@H]3CC[C@@H](O)[C@H](OC)C3)[C@H](C)[C@@H](O)CC1=O)[C@H](C)C[C@@H]2OC. The first-order valence-corrected chi connectivity index (χ1v) is 41.6. The zero-order chi connectivity index (χ0) is 82.1. The molecule has 4 bridgehead atoms. The summed E-state index contributed by atoms with van der Waals surface area (Å²) in [6.07, 6.45) is 11.0. The van der Waals surface area contributed by atoms with Gasteiger partial charge in [0.15, 0.2) is 0 Å². The molecule has 632 valence electrons. The summed E-state index contributed by atoms with van der Waals surface area (Å²) in [5, 5.41) is 68.0. The van der Waals surface area contributed by atoms with E-state index in [0.717, 1.165) is 36.0 Å². The summed E-state index contributed by atoms with van der Waals surface area (Å²) in [7, 11) is 9.35. The van der Waals surface area contributed by atoms with Gasteiger partial charge in [-0.3, -0.25) is 24.0 Å². The number of allylic oxidation sites excluding steroid dienone is 5. The van der Waals surface area contributed by atoms with E-state index in [9.17, 15) is 64.2 Å². The van der Waals surface area contributed by atoms with Gasteiger partial charge < -0.3 is 87.8 Å². The Balaban J connectivity index is 0.000000308. The fourth-order valence-electron chi connectivity index (χ4n) is 19.0. The second-order valence-electron chi connectivity index (χ2n) is 34.4. The van der Waals surface area contributed by atoms with Crippen molar-refractivity contribution in [2.45, 2.75) is 340 Å². The highest BCUT2D eigenvalue weighted by atomic mass is 16.7. The largest absolute Gasteiger partial charge is 0.456 e. The van der Waals surface area contributed by atoms with Gasteiger partial charge in [-0.15, -0.1) is 0 Å². The van der Waals surface area contributed by atoms with Crippen molar-refractivity contribution in [3.63, 3.8) is 0 Å². The Morgan fingerprint density at radius 1 is 0.477 bits per heavy atom. The van der Waals surface area contributed by atoms with Crippen LogP contribution in [0.1, 0.15) is 231 Å². The molecule has 28 atom stereocenters. The summed E-state index contributed by atoms with van der Waals surface area (Å²) in [6.45, 7) is 23.3. The Kier molecular flexibility index (Phi) is 36.2. The fraction of sp³-hybridized carbons (Fsp3) is 0.826. The van der Waals surface area contributed by atoms with E-state index < -0.39 is 156 Å². The summed E-state index contributed by atoms with van der Waals surface area (Å²) < 4.78 is 59.7. The lowest BCUT2D eigenvalue weighted by Crippen LogP contribution is -2.64. The number of hydrogen-bond acceptors (Lipinski definition) is 23. The maximum Gasteiger partial charge on any atom is 0.329 e. The maximum atomic E-state index is 14.3. The predicted octanol–water partition coefficient (Wildman–Crippen LogP) is 9.77. The molecule has 8 aliphatic rings. The lowest BCUT2D eigenvalue weighted by Gasteiger charge is -2.47. The van der Waals surface area contributed by atoms with Crippen molar-refractivity contribution in [2.24, 2.45) is 59.2 Å². The highest BCUT2D eigenvalue weighted by molar-refractivity contribution is 6.39. The number of cyclic esters (lactones) is 2. The third-order valence-electron chi connectivity index (χ3n) is 25.9. The molecule has 6 heterocycles. The zero-order valence-electron chi connectivity index (χ0n) is 70.0. The van der Waals surface area contributed by atoms with E-state index >= 15 is 0 Å². The molecule has 8 rings (SSSR count). The number of esters is 2.